The Balaban J connectivity index is 2.83. The van der Waals surface area contributed by atoms with E-state index in [0.717, 1.165) is 16.9 Å². The smallest absolute Gasteiger partial charge is 0.124 e. The van der Waals surface area contributed by atoms with E-state index >= 15 is 0 Å². The van der Waals surface area contributed by atoms with Gasteiger partial charge in [0.2, 0.25) is 0 Å². The molecule has 0 atom stereocenters. The second-order valence-corrected chi connectivity index (χ2v) is 4.75. The van der Waals surface area contributed by atoms with E-state index in [1.54, 1.807) is 7.11 Å². The fourth-order valence-electron chi connectivity index (χ4n) is 1.37. The van der Waals surface area contributed by atoms with Gasteiger partial charge in [0.25, 0.3) is 0 Å². The van der Waals surface area contributed by atoms with E-state index in [-0.39, 0.29) is 5.60 Å². The number of hydrogen-bond donors (Lipinski definition) is 1. The Morgan fingerprint density at radius 2 is 1.94 bits per heavy atom. The number of benzene rings is 1. The molecule has 0 spiro atoms. The molecule has 0 aliphatic rings. The molecule has 0 saturated carbocycles. The van der Waals surface area contributed by atoms with Crippen LogP contribution in [0.25, 0.3) is 0 Å². The molecule has 0 heterocycles. The maximum absolute atomic E-state index is 5.74. The van der Waals surface area contributed by atoms with Gasteiger partial charge in [0.05, 0.1) is 19.3 Å². The zero-order valence-corrected chi connectivity index (χ0v) is 10.5. The Morgan fingerprint density at radius 3 is 2.44 bits per heavy atom. The molecule has 2 N–H and O–H groups in total. The molecule has 1 rings (SSSR count). The molecule has 0 radical (unpaired) electrons. The Bertz CT molecular complexity index is 342. The highest BCUT2D eigenvalue weighted by atomic mass is 16.5. The van der Waals surface area contributed by atoms with E-state index in [2.05, 4.69) is 0 Å². The summed E-state index contributed by atoms with van der Waals surface area (Å²) in [5.74, 6) is 0.849. The van der Waals surface area contributed by atoms with Crippen LogP contribution in [0.1, 0.15) is 31.9 Å². The number of methoxy groups -OCH3 is 1. The second-order valence-electron chi connectivity index (χ2n) is 4.75. The first-order chi connectivity index (χ1) is 7.46. The molecule has 16 heavy (non-hydrogen) atoms. The van der Waals surface area contributed by atoms with Crippen LogP contribution >= 0.6 is 0 Å². The van der Waals surface area contributed by atoms with Crippen LogP contribution in [0.2, 0.25) is 0 Å². The number of ether oxygens (including phenoxy) is 2. The third-order valence-electron chi connectivity index (χ3n) is 2.24. The van der Waals surface area contributed by atoms with Crippen LogP contribution in [0.3, 0.4) is 0 Å². The van der Waals surface area contributed by atoms with Gasteiger partial charge < -0.3 is 15.2 Å². The van der Waals surface area contributed by atoms with Gasteiger partial charge in [-0.15, -0.1) is 0 Å². The lowest BCUT2D eigenvalue weighted by Gasteiger charge is -2.20. The van der Waals surface area contributed by atoms with Gasteiger partial charge in [0.15, 0.2) is 0 Å². The number of nitrogens with two attached hydrogens (primary N) is 1. The van der Waals surface area contributed by atoms with Gasteiger partial charge in [0, 0.05) is 12.1 Å². The third-order valence-corrected chi connectivity index (χ3v) is 2.24. The topological polar surface area (TPSA) is 44.5 Å². The molecule has 0 aliphatic carbocycles. The van der Waals surface area contributed by atoms with Gasteiger partial charge in [-0.2, -0.15) is 0 Å². The largest absolute Gasteiger partial charge is 0.496 e. The lowest BCUT2D eigenvalue weighted by molar-refractivity contribution is -0.0156. The molecule has 0 unspecified atom stereocenters. The summed E-state index contributed by atoms with van der Waals surface area (Å²) < 4.78 is 11.0. The van der Waals surface area contributed by atoms with Gasteiger partial charge in [-0.3, -0.25) is 0 Å². The molecule has 0 bridgehead atoms. The van der Waals surface area contributed by atoms with Gasteiger partial charge >= 0.3 is 0 Å². The predicted octanol–water partition coefficient (Wildman–Crippen LogP) is 2.47. The van der Waals surface area contributed by atoms with Crippen molar-refractivity contribution in [1.29, 1.82) is 0 Å². The molecule has 90 valence electrons. The third kappa shape index (κ3) is 3.83. The molecular weight excluding hydrogens is 202 g/mol. The van der Waals surface area contributed by atoms with Crippen LogP contribution in [-0.2, 0) is 17.9 Å². The van der Waals surface area contributed by atoms with E-state index in [1.807, 2.05) is 39.0 Å². The van der Waals surface area contributed by atoms with Crippen LogP contribution < -0.4 is 10.5 Å². The predicted molar refractivity (Wildman–Crippen MR) is 65.4 cm³/mol. The highest BCUT2D eigenvalue weighted by Gasteiger charge is 2.12. The summed E-state index contributed by atoms with van der Waals surface area (Å²) in [5, 5.41) is 0. The van der Waals surface area contributed by atoms with Crippen molar-refractivity contribution in [3.63, 3.8) is 0 Å². The van der Waals surface area contributed by atoms with Crippen molar-refractivity contribution in [1.82, 2.24) is 0 Å². The quantitative estimate of drug-likeness (QED) is 0.852. The maximum atomic E-state index is 5.74. The first-order valence-corrected chi connectivity index (χ1v) is 5.46. The number of rotatable bonds is 4. The summed E-state index contributed by atoms with van der Waals surface area (Å²) >= 11 is 0. The van der Waals surface area contributed by atoms with Crippen LogP contribution in [0.15, 0.2) is 18.2 Å². The van der Waals surface area contributed by atoms with Gasteiger partial charge in [0.1, 0.15) is 5.75 Å². The van der Waals surface area contributed by atoms with Crippen molar-refractivity contribution in [3.05, 3.63) is 29.3 Å². The van der Waals surface area contributed by atoms with Gasteiger partial charge in [-0.1, -0.05) is 6.07 Å². The molecule has 1 aromatic carbocycles. The fourth-order valence-corrected chi connectivity index (χ4v) is 1.37. The Hall–Kier alpha value is -1.06. The lowest BCUT2D eigenvalue weighted by Crippen LogP contribution is -2.19. The minimum atomic E-state index is -0.149. The Kier molecular flexibility index (Phi) is 4.33. The maximum Gasteiger partial charge on any atom is 0.124 e. The highest BCUT2D eigenvalue weighted by molar-refractivity contribution is 5.36. The standard InChI is InChI=1S/C13H21NO2/c1-13(2,3)16-9-11-7-10(8-14)5-6-12(11)15-4/h5-7H,8-9,14H2,1-4H3. The van der Waals surface area contributed by atoms with Crippen LogP contribution in [0.5, 0.6) is 5.75 Å². The minimum absolute atomic E-state index is 0.149. The Labute approximate surface area is 97.6 Å². The summed E-state index contributed by atoms with van der Waals surface area (Å²) in [5.41, 5.74) is 7.59. The summed E-state index contributed by atoms with van der Waals surface area (Å²) in [6.45, 7) is 7.18. The average molecular weight is 223 g/mol. The van der Waals surface area contributed by atoms with E-state index < -0.39 is 0 Å². The molecule has 0 aliphatic heterocycles. The highest BCUT2D eigenvalue weighted by Crippen LogP contribution is 2.22. The molecular formula is C13H21NO2. The van der Waals surface area contributed by atoms with E-state index in [1.165, 1.54) is 0 Å². The first-order valence-electron chi connectivity index (χ1n) is 5.46. The van der Waals surface area contributed by atoms with Crippen molar-refractivity contribution in [2.45, 2.75) is 39.5 Å². The fraction of sp³-hybridized carbons (Fsp3) is 0.538. The summed E-state index contributed by atoms with van der Waals surface area (Å²) in [4.78, 5) is 0. The van der Waals surface area contributed by atoms with Crippen molar-refractivity contribution in [2.24, 2.45) is 5.73 Å². The van der Waals surface area contributed by atoms with Gasteiger partial charge in [-0.05, 0) is 38.5 Å². The Morgan fingerprint density at radius 1 is 1.25 bits per heavy atom. The van der Waals surface area contributed by atoms with Crippen LogP contribution in [-0.4, -0.2) is 12.7 Å². The summed E-state index contributed by atoms with van der Waals surface area (Å²) in [7, 11) is 1.66. The zero-order valence-electron chi connectivity index (χ0n) is 10.5. The summed E-state index contributed by atoms with van der Waals surface area (Å²) in [6.07, 6.45) is 0. The minimum Gasteiger partial charge on any atom is -0.496 e. The van der Waals surface area contributed by atoms with E-state index in [4.69, 9.17) is 15.2 Å². The SMILES string of the molecule is COc1ccc(CN)cc1COC(C)(C)C. The van der Waals surface area contributed by atoms with Crippen molar-refractivity contribution < 1.29 is 9.47 Å². The van der Waals surface area contributed by atoms with E-state index in [0.29, 0.717) is 13.2 Å². The molecule has 1 aromatic rings. The van der Waals surface area contributed by atoms with Crippen molar-refractivity contribution >= 4 is 0 Å². The van der Waals surface area contributed by atoms with Crippen molar-refractivity contribution in [3.8, 4) is 5.75 Å². The molecule has 0 amide bonds. The molecule has 0 aromatic heterocycles. The summed E-state index contributed by atoms with van der Waals surface area (Å²) in [6, 6.07) is 5.94. The van der Waals surface area contributed by atoms with Gasteiger partial charge in [-0.25, -0.2) is 0 Å². The van der Waals surface area contributed by atoms with Crippen LogP contribution in [0.4, 0.5) is 0 Å². The normalized spacial score (nSPS) is 11.6. The zero-order chi connectivity index (χ0) is 12.2. The molecule has 0 saturated heterocycles. The number of hydrogen-bond acceptors (Lipinski definition) is 3. The average Bonchev–Trinajstić information content (AvgIpc) is 2.25. The van der Waals surface area contributed by atoms with E-state index in [9.17, 15) is 0 Å². The monoisotopic (exact) mass is 223 g/mol. The second kappa shape index (κ2) is 5.32. The van der Waals surface area contributed by atoms with Crippen LogP contribution in [0, 0.1) is 0 Å². The molecule has 0 fully saturated rings. The lowest BCUT2D eigenvalue weighted by atomic mass is 10.1. The van der Waals surface area contributed by atoms with Crippen molar-refractivity contribution in [2.75, 3.05) is 7.11 Å². The first kappa shape index (κ1) is 13.0. The molecule has 3 nitrogen and oxygen atoms in total. The molecule has 3 heteroatoms.